The lowest BCUT2D eigenvalue weighted by molar-refractivity contribution is 0.585. The summed E-state index contributed by atoms with van der Waals surface area (Å²) in [6.45, 7) is 12.7. The maximum atomic E-state index is 4.46. The second-order valence-corrected chi connectivity index (χ2v) is 6.41. The average Bonchev–Trinajstić information content (AvgIpc) is 2.59. The van der Waals surface area contributed by atoms with Crippen LogP contribution in [-0.2, 0) is 12.0 Å². The van der Waals surface area contributed by atoms with E-state index in [-0.39, 0.29) is 5.41 Å². The largest absolute Gasteiger partial charge is 0.308 e. The molecule has 3 heteroatoms. The topological polar surface area (TPSA) is 24.9 Å². The molecule has 2 nitrogen and oxygen atoms in total. The van der Waals surface area contributed by atoms with Gasteiger partial charge in [0.15, 0.2) is 0 Å². The molecule has 0 aliphatic carbocycles. The Balaban J connectivity index is 2.44. The summed E-state index contributed by atoms with van der Waals surface area (Å²) < 4.78 is 0. The number of rotatable bonds is 4. The molecule has 1 aromatic rings. The van der Waals surface area contributed by atoms with Crippen LogP contribution in [0.15, 0.2) is 17.8 Å². The highest BCUT2D eigenvalue weighted by atomic mass is 32.1. The van der Waals surface area contributed by atoms with Crippen molar-refractivity contribution in [3.8, 4) is 0 Å². The predicted octanol–water partition coefficient (Wildman–Crippen LogP) is 3.50. The van der Waals surface area contributed by atoms with E-state index in [0.717, 1.165) is 13.1 Å². The zero-order chi connectivity index (χ0) is 12.2. The molecule has 0 bridgehead atoms. The molecular weight excluding hydrogens is 216 g/mol. The van der Waals surface area contributed by atoms with E-state index in [0.29, 0.717) is 0 Å². The van der Waals surface area contributed by atoms with Crippen LogP contribution in [0.25, 0.3) is 0 Å². The van der Waals surface area contributed by atoms with Gasteiger partial charge < -0.3 is 5.32 Å². The quantitative estimate of drug-likeness (QED) is 0.641. The first kappa shape index (κ1) is 13.4. The van der Waals surface area contributed by atoms with Crippen LogP contribution in [0.3, 0.4) is 0 Å². The van der Waals surface area contributed by atoms with Crippen LogP contribution in [0.2, 0.25) is 0 Å². The highest BCUT2D eigenvalue weighted by molar-refractivity contribution is 7.11. The van der Waals surface area contributed by atoms with Gasteiger partial charge in [0.2, 0.25) is 0 Å². The van der Waals surface area contributed by atoms with Crippen LogP contribution < -0.4 is 5.32 Å². The summed E-state index contributed by atoms with van der Waals surface area (Å²) in [7, 11) is 0. The highest BCUT2D eigenvalue weighted by Gasteiger charge is 2.17. The van der Waals surface area contributed by atoms with Crippen molar-refractivity contribution >= 4 is 11.3 Å². The fourth-order valence-electron chi connectivity index (χ4n) is 1.21. The zero-order valence-corrected chi connectivity index (χ0v) is 11.7. The number of nitrogens with zero attached hydrogens (tertiary/aromatic N) is 1. The summed E-state index contributed by atoms with van der Waals surface area (Å²) in [4.78, 5) is 5.78. The normalized spacial score (nSPS) is 11.6. The first-order valence-corrected chi connectivity index (χ1v) is 6.50. The number of thiazole rings is 1. The summed E-state index contributed by atoms with van der Waals surface area (Å²) in [6, 6.07) is 0. The first-order chi connectivity index (χ1) is 7.39. The molecule has 1 N–H and O–H groups in total. The third-order valence-corrected chi connectivity index (χ3v) is 3.57. The third kappa shape index (κ3) is 4.45. The van der Waals surface area contributed by atoms with Crippen LogP contribution in [0.5, 0.6) is 0 Å². The number of nitrogens with one attached hydrogen (secondary N) is 1. The van der Waals surface area contributed by atoms with Gasteiger partial charge in [0.1, 0.15) is 0 Å². The molecule has 0 fully saturated rings. The summed E-state index contributed by atoms with van der Waals surface area (Å²) in [5, 5.41) is 4.61. The van der Waals surface area contributed by atoms with Crippen molar-refractivity contribution in [2.24, 2.45) is 0 Å². The van der Waals surface area contributed by atoms with Crippen molar-refractivity contribution in [2.45, 2.75) is 46.6 Å². The molecule has 0 atom stereocenters. The zero-order valence-electron chi connectivity index (χ0n) is 10.9. The molecule has 0 saturated heterocycles. The Morgan fingerprint density at radius 3 is 2.62 bits per heavy atom. The molecular formula is C13H22N2S. The molecule has 0 saturated carbocycles. The Hall–Kier alpha value is -0.670. The van der Waals surface area contributed by atoms with Crippen LogP contribution in [0.1, 0.15) is 44.5 Å². The van der Waals surface area contributed by atoms with Gasteiger partial charge in [-0.2, -0.15) is 0 Å². The monoisotopic (exact) mass is 238 g/mol. The minimum atomic E-state index is 0.169. The van der Waals surface area contributed by atoms with E-state index in [1.807, 2.05) is 6.20 Å². The van der Waals surface area contributed by atoms with Gasteiger partial charge in [-0.3, -0.25) is 0 Å². The van der Waals surface area contributed by atoms with E-state index in [1.54, 1.807) is 11.3 Å². The maximum Gasteiger partial charge on any atom is 0.0981 e. The Kier molecular flexibility index (Phi) is 4.69. The molecule has 1 rings (SSSR count). The van der Waals surface area contributed by atoms with Gasteiger partial charge in [0.05, 0.1) is 5.01 Å². The Morgan fingerprint density at radius 2 is 2.12 bits per heavy atom. The van der Waals surface area contributed by atoms with Crippen molar-refractivity contribution in [1.82, 2.24) is 10.3 Å². The lowest BCUT2D eigenvalue weighted by atomic mass is 9.98. The molecule has 0 aromatic carbocycles. The molecule has 0 aliphatic rings. The molecule has 0 spiro atoms. The van der Waals surface area contributed by atoms with E-state index in [2.05, 4.69) is 51.0 Å². The SMILES string of the molecule is CC(C)=CCNCc1cnc(C(C)(C)C)s1. The maximum absolute atomic E-state index is 4.46. The van der Waals surface area contributed by atoms with Gasteiger partial charge >= 0.3 is 0 Å². The second kappa shape index (κ2) is 5.60. The number of allylic oxidation sites excluding steroid dienone is 1. The number of hydrogen-bond donors (Lipinski definition) is 1. The molecule has 1 aromatic heterocycles. The van der Waals surface area contributed by atoms with E-state index in [4.69, 9.17) is 0 Å². The van der Waals surface area contributed by atoms with Crippen molar-refractivity contribution in [3.63, 3.8) is 0 Å². The summed E-state index contributed by atoms with van der Waals surface area (Å²) >= 11 is 1.80. The van der Waals surface area contributed by atoms with E-state index < -0.39 is 0 Å². The van der Waals surface area contributed by atoms with Crippen LogP contribution in [0.4, 0.5) is 0 Å². The molecule has 0 amide bonds. The summed E-state index contributed by atoms with van der Waals surface area (Å²) in [5.41, 5.74) is 1.52. The van der Waals surface area contributed by atoms with E-state index in [9.17, 15) is 0 Å². The minimum absolute atomic E-state index is 0.169. The molecule has 0 unspecified atom stereocenters. The minimum Gasteiger partial charge on any atom is -0.308 e. The fourth-order valence-corrected chi connectivity index (χ4v) is 2.15. The molecule has 1 heterocycles. The smallest absolute Gasteiger partial charge is 0.0981 e. The van der Waals surface area contributed by atoms with Crippen molar-refractivity contribution < 1.29 is 0 Å². The van der Waals surface area contributed by atoms with Crippen molar-refractivity contribution in [2.75, 3.05) is 6.54 Å². The molecule has 90 valence electrons. The molecule has 0 aliphatic heterocycles. The molecule has 16 heavy (non-hydrogen) atoms. The number of hydrogen-bond acceptors (Lipinski definition) is 3. The van der Waals surface area contributed by atoms with Crippen LogP contribution >= 0.6 is 11.3 Å². The fraction of sp³-hybridized carbons (Fsp3) is 0.615. The summed E-state index contributed by atoms with van der Waals surface area (Å²) in [6.07, 6.45) is 4.19. The Morgan fingerprint density at radius 1 is 1.44 bits per heavy atom. The van der Waals surface area contributed by atoms with Crippen LogP contribution in [0, 0.1) is 0 Å². The lowest BCUT2D eigenvalue weighted by Crippen LogP contribution is -2.12. The first-order valence-electron chi connectivity index (χ1n) is 5.69. The Bertz CT molecular complexity index is 354. The van der Waals surface area contributed by atoms with Gasteiger partial charge in [0, 0.05) is 29.6 Å². The van der Waals surface area contributed by atoms with E-state index >= 15 is 0 Å². The predicted molar refractivity (Wildman–Crippen MR) is 72.0 cm³/mol. The van der Waals surface area contributed by atoms with Gasteiger partial charge in [-0.25, -0.2) is 4.98 Å². The second-order valence-electron chi connectivity index (χ2n) is 5.29. The van der Waals surface area contributed by atoms with Crippen molar-refractivity contribution in [3.05, 3.63) is 27.7 Å². The summed E-state index contributed by atoms with van der Waals surface area (Å²) in [5.74, 6) is 0. The van der Waals surface area contributed by atoms with Gasteiger partial charge in [-0.15, -0.1) is 11.3 Å². The molecule has 0 radical (unpaired) electrons. The van der Waals surface area contributed by atoms with Gasteiger partial charge in [-0.1, -0.05) is 32.4 Å². The standard InChI is InChI=1S/C13H22N2S/c1-10(2)6-7-14-8-11-9-15-12(16-11)13(3,4)5/h6,9,14H,7-8H2,1-5H3. The number of aromatic nitrogens is 1. The van der Waals surface area contributed by atoms with Crippen LogP contribution in [-0.4, -0.2) is 11.5 Å². The van der Waals surface area contributed by atoms with Gasteiger partial charge in [0.25, 0.3) is 0 Å². The lowest BCUT2D eigenvalue weighted by Gasteiger charge is -2.13. The van der Waals surface area contributed by atoms with E-state index in [1.165, 1.54) is 15.5 Å². The highest BCUT2D eigenvalue weighted by Crippen LogP contribution is 2.26. The van der Waals surface area contributed by atoms with Gasteiger partial charge in [-0.05, 0) is 13.8 Å². The third-order valence-electron chi connectivity index (χ3n) is 2.15. The Labute approximate surface area is 103 Å². The van der Waals surface area contributed by atoms with Crippen molar-refractivity contribution in [1.29, 1.82) is 0 Å². The average molecular weight is 238 g/mol.